The van der Waals surface area contributed by atoms with Crippen molar-refractivity contribution in [3.8, 4) is 5.75 Å². The molecule has 2 heterocycles. The lowest BCUT2D eigenvalue weighted by atomic mass is 9.89. The quantitative estimate of drug-likeness (QED) is 0.672. The second-order valence-electron chi connectivity index (χ2n) is 4.49. The lowest BCUT2D eigenvalue weighted by Gasteiger charge is -2.30. The minimum absolute atomic E-state index is 0.183. The third-order valence-electron chi connectivity index (χ3n) is 3.27. The van der Waals surface area contributed by atoms with Gasteiger partial charge in [-0.05, 0) is 44.3 Å². The van der Waals surface area contributed by atoms with Crippen molar-refractivity contribution in [1.82, 2.24) is 0 Å². The molecule has 0 bridgehead atoms. The van der Waals surface area contributed by atoms with Gasteiger partial charge in [-0.3, -0.25) is 0 Å². The van der Waals surface area contributed by atoms with Gasteiger partial charge in [0.25, 0.3) is 0 Å². The Bertz CT molecular complexity index is 510. The van der Waals surface area contributed by atoms with E-state index in [0.717, 1.165) is 12.8 Å². The molecule has 0 aromatic carbocycles. The zero-order valence-electron chi connectivity index (χ0n) is 9.29. The lowest BCUT2D eigenvalue weighted by Crippen LogP contribution is -2.27. The Morgan fingerprint density at radius 2 is 2.25 bits per heavy atom. The van der Waals surface area contributed by atoms with Crippen LogP contribution in [0.2, 0.25) is 0 Å². The van der Waals surface area contributed by atoms with Gasteiger partial charge in [0, 0.05) is 6.07 Å². The average molecular weight is 218 g/mol. The molecule has 0 radical (unpaired) electrons. The molecule has 1 unspecified atom stereocenters. The van der Waals surface area contributed by atoms with Gasteiger partial charge < -0.3 is 9.15 Å². The minimum atomic E-state index is -0.286. The first-order chi connectivity index (χ1) is 7.74. The maximum Gasteiger partial charge on any atom is 0.346 e. The maximum atomic E-state index is 11.7. The number of aryl methyl sites for hydroxylation is 1. The van der Waals surface area contributed by atoms with Crippen molar-refractivity contribution < 1.29 is 9.15 Å². The molecule has 3 heteroatoms. The second kappa shape index (κ2) is 3.51. The van der Waals surface area contributed by atoms with Crippen LogP contribution in [0.4, 0.5) is 0 Å². The van der Waals surface area contributed by atoms with E-state index in [-0.39, 0.29) is 11.7 Å². The summed E-state index contributed by atoms with van der Waals surface area (Å²) in [4.78, 5) is 11.7. The molecule has 1 aliphatic heterocycles. The van der Waals surface area contributed by atoms with Crippen LogP contribution in [-0.4, -0.2) is 6.10 Å². The molecule has 1 atom stereocenters. The fraction of sp³-hybridized carbons (Fsp3) is 0.462. The van der Waals surface area contributed by atoms with Crippen molar-refractivity contribution in [3.63, 3.8) is 0 Å². The summed E-state index contributed by atoms with van der Waals surface area (Å²) < 4.78 is 10.9. The predicted molar refractivity (Wildman–Crippen MR) is 60.6 cm³/mol. The van der Waals surface area contributed by atoms with E-state index in [4.69, 9.17) is 9.15 Å². The van der Waals surface area contributed by atoms with Crippen LogP contribution in [0.1, 0.15) is 37.0 Å². The van der Waals surface area contributed by atoms with Crippen molar-refractivity contribution >= 4 is 6.08 Å². The maximum absolute atomic E-state index is 11.7. The van der Waals surface area contributed by atoms with Crippen LogP contribution >= 0.6 is 0 Å². The molecule has 0 saturated heterocycles. The van der Waals surface area contributed by atoms with Crippen LogP contribution in [0.5, 0.6) is 5.75 Å². The molecule has 1 aliphatic carbocycles. The van der Waals surface area contributed by atoms with Crippen LogP contribution in [0.25, 0.3) is 6.08 Å². The first-order valence-electron chi connectivity index (χ1n) is 5.76. The summed E-state index contributed by atoms with van der Waals surface area (Å²) in [6.07, 6.45) is 6.65. The molecule has 1 aromatic rings. The van der Waals surface area contributed by atoms with Crippen molar-refractivity contribution in [3.05, 3.63) is 33.4 Å². The van der Waals surface area contributed by atoms with Gasteiger partial charge in [0.05, 0.1) is 0 Å². The van der Waals surface area contributed by atoms with Gasteiger partial charge in [0.1, 0.15) is 23.2 Å². The van der Waals surface area contributed by atoms with E-state index < -0.39 is 0 Å². The minimum Gasteiger partial charge on any atom is -0.485 e. The highest BCUT2D eigenvalue weighted by molar-refractivity contribution is 5.62. The monoisotopic (exact) mass is 218 g/mol. The Hall–Kier alpha value is -1.51. The van der Waals surface area contributed by atoms with E-state index in [2.05, 4.69) is 0 Å². The summed E-state index contributed by atoms with van der Waals surface area (Å²) in [6, 6.07) is 1.80. The first kappa shape index (κ1) is 9.70. The highest BCUT2D eigenvalue weighted by Crippen LogP contribution is 2.35. The third-order valence-corrected chi connectivity index (χ3v) is 3.27. The number of hydrogen-bond acceptors (Lipinski definition) is 3. The fourth-order valence-corrected chi connectivity index (χ4v) is 2.46. The molecule has 0 spiro atoms. The number of hydrogen-bond donors (Lipinski definition) is 0. The van der Waals surface area contributed by atoms with Gasteiger partial charge >= 0.3 is 5.63 Å². The van der Waals surface area contributed by atoms with Crippen LogP contribution < -0.4 is 10.4 Å². The summed E-state index contributed by atoms with van der Waals surface area (Å²) in [7, 11) is 0. The van der Waals surface area contributed by atoms with Gasteiger partial charge in [-0.25, -0.2) is 4.79 Å². The summed E-state index contributed by atoms with van der Waals surface area (Å²) in [6.45, 7) is 1.77. The van der Waals surface area contributed by atoms with Gasteiger partial charge in [0.15, 0.2) is 0 Å². The number of fused-ring (bicyclic) bond motifs is 2. The molecule has 3 rings (SSSR count). The Morgan fingerprint density at radius 1 is 1.38 bits per heavy atom. The Balaban J connectivity index is 2.13. The van der Waals surface area contributed by atoms with Gasteiger partial charge in [-0.15, -0.1) is 0 Å². The highest BCUT2D eigenvalue weighted by Gasteiger charge is 2.27. The SMILES string of the molecule is Cc1cc2c(c(=O)o1)C=C1CCCCC1O2. The molecule has 1 fully saturated rings. The highest BCUT2D eigenvalue weighted by atomic mass is 16.5. The van der Waals surface area contributed by atoms with E-state index in [1.165, 1.54) is 18.4 Å². The summed E-state index contributed by atoms with van der Waals surface area (Å²) in [5.41, 5.74) is 1.54. The van der Waals surface area contributed by atoms with Crippen molar-refractivity contribution in [2.75, 3.05) is 0 Å². The molecule has 1 aromatic heterocycles. The van der Waals surface area contributed by atoms with E-state index in [0.29, 0.717) is 17.1 Å². The molecule has 2 aliphatic rings. The molecule has 84 valence electrons. The van der Waals surface area contributed by atoms with Crippen LogP contribution in [0.15, 0.2) is 20.9 Å². The Morgan fingerprint density at radius 3 is 3.12 bits per heavy atom. The summed E-state index contributed by atoms with van der Waals surface area (Å²) in [5.74, 6) is 1.29. The normalized spacial score (nSPS) is 22.8. The molecule has 16 heavy (non-hydrogen) atoms. The van der Waals surface area contributed by atoms with Crippen LogP contribution in [-0.2, 0) is 0 Å². The van der Waals surface area contributed by atoms with Gasteiger partial charge in [-0.2, -0.15) is 0 Å². The van der Waals surface area contributed by atoms with Crippen molar-refractivity contribution in [2.45, 2.75) is 38.7 Å². The largest absolute Gasteiger partial charge is 0.485 e. The molecular formula is C13H14O3. The molecule has 0 N–H and O–H groups in total. The Kier molecular flexibility index (Phi) is 2.13. The first-order valence-corrected chi connectivity index (χ1v) is 5.76. The number of ether oxygens (including phenoxy) is 1. The van der Waals surface area contributed by atoms with Gasteiger partial charge in [0.2, 0.25) is 0 Å². The van der Waals surface area contributed by atoms with Crippen molar-refractivity contribution in [2.24, 2.45) is 0 Å². The smallest absolute Gasteiger partial charge is 0.346 e. The standard InChI is InChI=1S/C13H14O3/c1-8-6-12-10(13(14)15-8)7-9-4-2-3-5-11(9)16-12/h6-7,11H,2-5H2,1H3. The third kappa shape index (κ3) is 1.47. The number of rotatable bonds is 0. The summed E-state index contributed by atoms with van der Waals surface area (Å²) >= 11 is 0. The zero-order valence-corrected chi connectivity index (χ0v) is 9.29. The van der Waals surface area contributed by atoms with E-state index >= 15 is 0 Å². The van der Waals surface area contributed by atoms with E-state index in [9.17, 15) is 4.79 Å². The van der Waals surface area contributed by atoms with Gasteiger partial charge in [-0.1, -0.05) is 0 Å². The average Bonchev–Trinajstić information content (AvgIpc) is 2.27. The van der Waals surface area contributed by atoms with Crippen molar-refractivity contribution in [1.29, 1.82) is 0 Å². The van der Waals surface area contributed by atoms with E-state index in [1.807, 2.05) is 6.08 Å². The van der Waals surface area contributed by atoms with Crippen LogP contribution in [0.3, 0.4) is 0 Å². The fourth-order valence-electron chi connectivity index (χ4n) is 2.46. The molecule has 3 nitrogen and oxygen atoms in total. The Labute approximate surface area is 93.7 Å². The lowest BCUT2D eigenvalue weighted by molar-refractivity contribution is 0.197. The molecular weight excluding hydrogens is 204 g/mol. The zero-order chi connectivity index (χ0) is 11.1. The van der Waals surface area contributed by atoms with E-state index in [1.54, 1.807) is 13.0 Å². The second-order valence-corrected chi connectivity index (χ2v) is 4.49. The predicted octanol–water partition coefficient (Wildman–Crippen LogP) is 2.67. The topological polar surface area (TPSA) is 39.4 Å². The van der Waals surface area contributed by atoms with Crippen LogP contribution in [0, 0.1) is 6.92 Å². The molecule has 1 saturated carbocycles. The summed E-state index contributed by atoms with van der Waals surface area (Å²) in [5, 5.41) is 0. The molecule has 0 amide bonds.